The first-order chi connectivity index (χ1) is 8.70. The van der Waals surface area contributed by atoms with Crippen molar-refractivity contribution in [3.63, 3.8) is 0 Å². The minimum Gasteiger partial charge on any atom is -0.493 e. The second-order valence-corrected chi connectivity index (χ2v) is 4.14. The monoisotopic (exact) mass is 241 g/mol. The fourth-order valence-corrected chi connectivity index (χ4v) is 1.71. The Morgan fingerprint density at radius 1 is 1.44 bits per heavy atom. The van der Waals surface area contributed by atoms with Crippen LogP contribution in [0.25, 0.3) is 0 Å². The topological polar surface area (TPSA) is 50.8 Å². The van der Waals surface area contributed by atoms with Crippen LogP contribution in [0.15, 0.2) is 30.6 Å². The van der Waals surface area contributed by atoms with Crippen molar-refractivity contribution in [1.82, 2.24) is 9.55 Å². The summed E-state index contributed by atoms with van der Waals surface area (Å²) in [6.45, 7) is 2.53. The molecule has 1 heterocycles. The van der Waals surface area contributed by atoms with Crippen LogP contribution >= 0.6 is 0 Å². The Kier molecular flexibility index (Phi) is 3.63. The van der Waals surface area contributed by atoms with E-state index in [1.165, 1.54) is 0 Å². The van der Waals surface area contributed by atoms with Gasteiger partial charge >= 0.3 is 0 Å². The van der Waals surface area contributed by atoms with E-state index in [-0.39, 0.29) is 0 Å². The van der Waals surface area contributed by atoms with Gasteiger partial charge in [0.25, 0.3) is 0 Å². The molecule has 0 N–H and O–H groups in total. The summed E-state index contributed by atoms with van der Waals surface area (Å²) in [4.78, 5) is 4.23. The number of nitrogens with zero attached hydrogens (tertiary/aromatic N) is 3. The number of hydrogen-bond donors (Lipinski definition) is 0. The van der Waals surface area contributed by atoms with Crippen LogP contribution in [0, 0.1) is 18.3 Å². The maximum atomic E-state index is 8.85. The highest BCUT2D eigenvalue weighted by Crippen LogP contribution is 2.19. The summed E-state index contributed by atoms with van der Waals surface area (Å²) in [7, 11) is 1.96. The summed E-state index contributed by atoms with van der Waals surface area (Å²) in [5, 5.41) is 8.85. The molecule has 1 aromatic carbocycles. The third kappa shape index (κ3) is 2.69. The number of aromatic nitrogens is 2. The summed E-state index contributed by atoms with van der Waals surface area (Å²) in [5.41, 5.74) is 1.65. The van der Waals surface area contributed by atoms with Gasteiger partial charge in [0.05, 0.1) is 18.2 Å². The van der Waals surface area contributed by atoms with Crippen LogP contribution in [0.5, 0.6) is 5.75 Å². The first-order valence-electron chi connectivity index (χ1n) is 5.80. The fraction of sp³-hybridized carbons (Fsp3) is 0.286. The molecule has 0 atom stereocenters. The zero-order chi connectivity index (χ0) is 13.0. The second-order valence-electron chi connectivity index (χ2n) is 4.14. The van der Waals surface area contributed by atoms with Crippen LogP contribution < -0.4 is 4.74 Å². The van der Waals surface area contributed by atoms with Gasteiger partial charge in [0.2, 0.25) is 0 Å². The van der Waals surface area contributed by atoms with Crippen molar-refractivity contribution < 1.29 is 4.74 Å². The summed E-state index contributed by atoms with van der Waals surface area (Å²) in [5.74, 6) is 1.76. The maximum Gasteiger partial charge on any atom is 0.123 e. The molecule has 0 radical (unpaired) electrons. The van der Waals surface area contributed by atoms with Crippen molar-refractivity contribution in [2.75, 3.05) is 6.61 Å². The highest BCUT2D eigenvalue weighted by atomic mass is 16.5. The lowest BCUT2D eigenvalue weighted by molar-refractivity contribution is 0.315. The molecule has 0 unspecified atom stereocenters. The number of hydrogen-bond acceptors (Lipinski definition) is 3. The molecule has 0 bridgehead atoms. The zero-order valence-corrected chi connectivity index (χ0v) is 10.6. The van der Waals surface area contributed by atoms with Crippen LogP contribution in [0.4, 0.5) is 0 Å². The van der Waals surface area contributed by atoms with Gasteiger partial charge in [0.1, 0.15) is 11.6 Å². The van der Waals surface area contributed by atoms with Crippen LogP contribution in [-0.2, 0) is 13.5 Å². The molecule has 18 heavy (non-hydrogen) atoms. The molecule has 2 rings (SSSR count). The van der Waals surface area contributed by atoms with Crippen LogP contribution in [0.3, 0.4) is 0 Å². The molecule has 4 nitrogen and oxygen atoms in total. The van der Waals surface area contributed by atoms with Crippen molar-refractivity contribution in [3.8, 4) is 11.8 Å². The number of ether oxygens (including phenoxy) is 1. The van der Waals surface area contributed by atoms with Crippen molar-refractivity contribution >= 4 is 0 Å². The van der Waals surface area contributed by atoms with E-state index in [1.807, 2.05) is 30.8 Å². The fourth-order valence-electron chi connectivity index (χ4n) is 1.71. The summed E-state index contributed by atoms with van der Waals surface area (Å²) >= 11 is 0. The van der Waals surface area contributed by atoms with E-state index in [2.05, 4.69) is 11.1 Å². The van der Waals surface area contributed by atoms with Gasteiger partial charge in [-0.3, -0.25) is 0 Å². The van der Waals surface area contributed by atoms with Gasteiger partial charge in [-0.25, -0.2) is 4.98 Å². The number of aryl methyl sites for hydroxylation is 2. The molecule has 2 aromatic rings. The predicted octanol–water partition coefficient (Wildman–Crippen LogP) is 2.22. The average Bonchev–Trinajstić information content (AvgIpc) is 2.77. The number of nitriles is 1. The Morgan fingerprint density at radius 2 is 2.28 bits per heavy atom. The lowest BCUT2D eigenvalue weighted by Gasteiger charge is -2.09. The highest BCUT2D eigenvalue weighted by Gasteiger charge is 2.03. The second kappa shape index (κ2) is 5.37. The van der Waals surface area contributed by atoms with Crippen LogP contribution in [-0.4, -0.2) is 16.2 Å². The third-order valence-electron chi connectivity index (χ3n) is 2.82. The normalized spacial score (nSPS) is 10.1. The first kappa shape index (κ1) is 12.2. The van der Waals surface area contributed by atoms with Crippen LogP contribution in [0.1, 0.15) is 17.0 Å². The van der Waals surface area contributed by atoms with Gasteiger partial charge in [-0.1, -0.05) is 6.07 Å². The van der Waals surface area contributed by atoms with E-state index in [0.717, 1.165) is 23.6 Å². The van der Waals surface area contributed by atoms with Gasteiger partial charge in [-0.15, -0.1) is 0 Å². The van der Waals surface area contributed by atoms with E-state index in [0.29, 0.717) is 12.2 Å². The van der Waals surface area contributed by atoms with E-state index in [4.69, 9.17) is 10.00 Å². The predicted molar refractivity (Wildman–Crippen MR) is 68.3 cm³/mol. The van der Waals surface area contributed by atoms with E-state index in [1.54, 1.807) is 18.3 Å². The van der Waals surface area contributed by atoms with E-state index < -0.39 is 0 Å². The first-order valence-corrected chi connectivity index (χ1v) is 5.80. The molecule has 0 aliphatic heterocycles. The van der Waals surface area contributed by atoms with Gasteiger partial charge in [0, 0.05) is 25.9 Å². The van der Waals surface area contributed by atoms with Gasteiger partial charge in [-0.05, 0) is 24.6 Å². The van der Waals surface area contributed by atoms with Crippen molar-refractivity contribution in [3.05, 3.63) is 47.5 Å². The van der Waals surface area contributed by atoms with Crippen molar-refractivity contribution in [2.45, 2.75) is 13.3 Å². The van der Waals surface area contributed by atoms with Gasteiger partial charge in [0.15, 0.2) is 0 Å². The third-order valence-corrected chi connectivity index (χ3v) is 2.82. The summed E-state index contributed by atoms with van der Waals surface area (Å²) in [6, 6.07) is 7.57. The molecule has 92 valence electrons. The average molecular weight is 241 g/mol. The largest absolute Gasteiger partial charge is 0.493 e. The molecule has 0 amide bonds. The molecule has 0 aliphatic rings. The number of rotatable bonds is 4. The quantitative estimate of drug-likeness (QED) is 0.824. The van der Waals surface area contributed by atoms with E-state index in [9.17, 15) is 0 Å². The van der Waals surface area contributed by atoms with Crippen molar-refractivity contribution in [2.24, 2.45) is 7.05 Å². The lowest BCUT2D eigenvalue weighted by Crippen LogP contribution is -2.06. The maximum absolute atomic E-state index is 8.85. The molecular formula is C14H15N3O. The molecule has 0 fully saturated rings. The Bertz CT molecular complexity index is 581. The standard InChI is InChI=1S/C14H15N3O/c1-11-3-4-12(10-15)9-13(11)18-8-5-14-16-6-7-17(14)2/h3-4,6-7,9H,5,8H2,1-2H3. The molecule has 0 spiro atoms. The molecular weight excluding hydrogens is 226 g/mol. The van der Waals surface area contributed by atoms with E-state index >= 15 is 0 Å². The molecule has 0 saturated heterocycles. The number of imidazole rings is 1. The SMILES string of the molecule is Cc1ccc(C#N)cc1OCCc1nccn1C. The molecule has 1 aromatic heterocycles. The summed E-state index contributed by atoms with van der Waals surface area (Å²) < 4.78 is 7.68. The Labute approximate surface area is 106 Å². The smallest absolute Gasteiger partial charge is 0.123 e. The summed E-state index contributed by atoms with van der Waals surface area (Å²) in [6.07, 6.45) is 4.44. The highest BCUT2D eigenvalue weighted by molar-refractivity contribution is 5.41. The number of benzene rings is 1. The Morgan fingerprint density at radius 3 is 2.94 bits per heavy atom. The van der Waals surface area contributed by atoms with Gasteiger partial charge < -0.3 is 9.30 Å². The van der Waals surface area contributed by atoms with Crippen molar-refractivity contribution in [1.29, 1.82) is 5.26 Å². The Hall–Kier alpha value is -2.28. The molecule has 0 saturated carbocycles. The molecule has 0 aliphatic carbocycles. The lowest BCUT2D eigenvalue weighted by atomic mass is 10.1. The van der Waals surface area contributed by atoms with Crippen LogP contribution in [0.2, 0.25) is 0 Å². The molecule has 4 heteroatoms. The van der Waals surface area contributed by atoms with Gasteiger partial charge in [-0.2, -0.15) is 5.26 Å². The minimum absolute atomic E-state index is 0.556. The zero-order valence-electron chi connectivity index (χ0n) is 10.6. The Balaban J connectivity index is 1.98. The minimum atomic E-state index is 0.556.